The Kier molecular flexibility index (Phi) is 7.37. The number of carbonyl (C=O) groups excluding carboxylic acids is 1. The summed E-state index contributed by atoms with van der Waals surface area (Å²) in [7, 11) is -4.00. The molecule has 1 amide bonds. The van der Waals surface area contributed by atoms with Gasteiger partial charge in [0.05, 0.1) is 4.90 Å². The molecule has 0 heterocycles. The number of carboxylic acids is 1. The highest BCUT2D eigenvalue weighted by atomic mass is 32.2. The number of sulfonamides is 1. The minimum absolute atomic E-state index is 0.0846. The number of carboxylic acid groups (broad SMARTS) is 1. The standard InChI is InChI=1S/C23H20N2O6S/c26-22(27)15-10-17-8-13-21(14-9-17)32(29,30)25-24-23(28)19-11-6-18(7-12-19)16-31-20-4-2-1-3-5-20/h1-15,25H,16H2,(H,24,28)(H,26,27)/b15-10+. The third-order valence-corrected chi connectivity index (χ3v) is 5.54. The fourth-order valence-corrected chi connectivity index (χ4v) is 3.45. The van der Waals surface area contributed by atoms with Gasteiger partial charge >= 0.3 is 5.97 Å². The van der Waals surface area contributed by atoms with Crippen molar-refractivity contribution in [2.75, 3.05) is 0 Å². The number of hydrazine groups is 1. The number of benzene rings is 3. The first-order chi connectivity index (χ1) is 15.3. The van der Waals surface area contributed by atoms with Gasteiger partial charge in [0.25, 0.3) is 15.9 Å². The van der Waals surface area contributed by atoms with Crippen LogP contribution in [0.15, 0.2) is 89.8 Å². The number of amides is 1. The Labute approximate surface area is 185 Å². The van der Waals surface area contributed by atoms with Crippen molar-refractivity contribution >= 4 is 28.0 Å². The predicted octanol–water partition coefficient (Wildman–Crippen LogP) is 2.99. The molecule has 0 aliphatic heterocycles. The van der Waals surface area contributed by atoms with Crippen molar-refractivity contribution < 1.29 is 27.9 Å². The maximum Gasteiger partial charge on any atom is 0.328 e. The maximum absolute atomic E-state index is 12.4. The van der Waals surface area contributed by atoms with Crippen LogP contribution in [0.5, 0.6) is 5.75 Å². The largest absolute Gasteiger partial charge is 0.489 e. The molecule has 0 atom stereocenters. The van der Waals surface area contributed by atoms with Crippen molar-refractivity contribution in [3.63, 3.8) is 0 Å². The van der Waals surface area contributed by atoms with Gasteiger partial charge in [-0.15, -0.1) is 4.83 Å². The lowest BCUT2D eigenvalue weighted by Crippen LogP contribution is -2.41. The average molecular weight is 452 g/mol. The second-order valence-corrected chi connectivity index (χ2v) is 8.28. The molecule has 0 spiro atoms. The third-order valence-electron chi connectivity index (χ3n) is 4.27. The second-order valence-electron chi connectivity index (χ2n) is 6.60. The first-order valence-electron chi connectivity index (χ1n) is 9.43. The molecular formula is C23H20N2O6S. The van der Waals surface area contributed by atoms with Crippen LogP contribution in [0, 0.1) is 0 Å². The molecule has 0 aliphatic carbocycles. The molecule has 164 valence electrons. The summed E-state index contributed by atoms with van der Waals surface area (Å²) in [4.78, 5) is 24.8. The lowest BCUT2D eigenvalue weighted by molar-refractivity contribution is -0.131. The molecule has 3 N–H and O–H groups in total. The topological polar surface area (TPSA) is 122 Å². The van der Waals surface area contributed by atoms with E-state index in [0.717, 1.165) is 17.4 Å². The summed E-state index contributed by atoms with van der Waals surface area (Å²) in [6.45, 7) is 0.330. The summed E-state index contributed by atoms with van der Waals surface area (Å²) in [5.41, 5.74) is 3.81. The lowest BCUT2D eigenvalue weighted by Gasteiger charge is -2.10. The molecule has 0 saturated heterocycles. The van der Waals surface area contributed by atoms with Gasteiger partial charge in [0.15, 0.2) is 0 Å². The van der Waals surface area contributed by atoms with Gasteiger partial charge in [-0.05, 0) is 53.6 Å². The first-order valence-corrected chi connectivity index (χ1v) is 10.9. The van der Waals surface area contributed by atoms with Gasteiger partial charge in [-0.1, -0.05) is 42.5 Å². The van der Waals surface area contributed by atoms with Gasteiger partial charge in [-0.3, -0.25) is 10.2 Å². The Bertz CT molecular complexity index is 1210. The molecule has 0 unspecified atom stereocenters. The van der Waals surface area contributed by atoms with Gasteiger partial charge in [0.1, 0.15) is 12.4 Å². The van der Waals surface area contributed by atoms with E-state index in [1.54, 1.807) is 24.3 Å². The van der Waals surface area contributed by atoms with Crippen LogP contribution in [-0.2, 0) is 21.4 Å². The van der Waals surface area contributed by atoms with Gasteiger partial charge in [-0.2, -0.15) is 0 Å². The van der Waals surface area contributed by atoms with Crippen molar-refractivity contribution in [2.45, 2.75) is 11.5 Å². The molecule has 3 aromatic rings. The van der Waals surface area contributed by atoms with E-state index >= 15 is 0 Å². The van der Waals surface area contributed by atoms with Crippen molar-refractivity contribution in [1.82, 2.24) is 10.3 Å². The van der Waals surface area contributed by atoms with E-state index in [4.69, 9.17) is 9.84 Å². The Morgan fingerprint density at radius 1 is 0.906 bits per heavy atom. The third kappa shape index (κ3) is 6.53. The molecule has 0 aromatic heterocycles. The zero-order valence-electron chi connectivity index (χ0n) is 16.8. The molecule has 3 rings (SSSR count). The zero-order valence-corrected chi connectivity index (χ0v) is 17.6. The SMILES string of the molecule is O=C(O)/C=C/c1ccc(S(=O)(=O)NNC(=O)c2ccc(COc3ccccc3)cc2)cc1. The Balaban J connectivity index is 1.55. The Morgan fingerprint density at radius 3 is 2.19 bits per heavy atom. The number of carbonyl (C=O) groups is 2. The van der Waals surface area contributed by atoms with E-state index in [-0.39, 0.29) is 10.5 Å². The second kappa shape index (κ2) is 10.4. The highest BCUT2D eigenvalue weighted by molar-refractivity contribution is 7.89. The Hall–Kier alpha value is -3.95. The summed E-state index contributed by atoms with van der Waals surface area (Å²) >= 11 is 0. The molecule has 0 fully saturated rings. The van der Waals surface area contributed by atoms with Crippen LogP contribution in [-0.4, -0.2) is 25.4 Å². The van der Waals surface area contributed by atoms with E-state index in [2.05, 4.69) is 5.43 Å². The van der Waals surface area contributed by atoms with E-state index in [9.17, 15) is 18.0 Å². The number of nitrogens with one attached hydrogen (secondary N) is 2. The van der Waals surface area contributed by atoms with Gasteiger partial charge in [-0.25, -0.2) is 13.2 Å². The zero-order chi connectivity index (χ0) is 23.0. The molecule has 9 heteroatoms. The first kappa shape index (κ1) is 22.7. The van der Waals surface area contributed by atoms with Crippen LogP contribution < -0.4 is 15.0 Å². The molecule has 0 saturated carbocycles. The van der Waals surface area contributed by atoms with Crippen LogP contribution in [0.4, 0.5) is 0 Å². The molecule has 32 heavy (non-hydrogen) atoms. The van der Waals surface area contributed by atoms with Gasteiger partial charge < -0.3 is 9.84 Å². The number of para-hydroxylation sites is 1. The van der Waals surface area contributed by atoms with Crippen LogP contribution in [0.3, 0.4) is 0 Å². The average Bonchev–Trinajstić information content (AvgIpc) is 2.81. The quantitative estimate of drug-likeness (QED) is 0.339. The summed E-state index contributed by atoms with van der Waals surface area (Å²) in [5.74, 6) is -0.998. The molecular weight excluding hydrogens is 432 g/mol. The van der Waals surface area contributed by atoms with Crippen LogP contribution in [0.25, 0.3) is 6.08 Å². The number of hydrogen-bond acceptors (Lipinski definition) is 5. The molecule has 0 radical (unpaired) electrons. The summed E-state index contributed by atoms with van der Waals surface area (Å²) in [6, 6.07) is 21.4. The van der Waals surface area contributed by atoms with Crippen molar-refractivity contribution in [2.24, 2.45) is 0 Å². The highest BCUT2D eigenvalue weighted by Gasteiger charge is 2.15. The van der Waals surface area contributed by atoms with Crippen LogP contribution >= 0.6 is 0 Å². The number of hydrogen-bond donors (Lipinski definition) is 3. The fourth-order valence-electron chi connectivity index (χ4n) is 2.61. The van der Waals surface area contributed by atoms with Gasteiger partial charge in [0, 0.05) is 11.6 Å². The molecule has 8 nitrogen and oxygen atoms in total. The minimum atomic E-state index is -4.00. The van der Waals surface area contributed by atoms with Crippen molar-refractivity contribution in [1.29, 1.82) is 0 Å². The van der Waals surface area contributed by atoms with Gasteiger partial charge in [0.2, 0.25) is 0 Å². The van der Waals surface area contributed by atoms with Crippen LogP contribution in [0.1, 0.15) is 21.5 Å². The Morgan fingerprint density at radius 2 is 1.56 bits per heavy atom. The highest BCUT2D eigenvalue weighted by Crippen LogP contribution is 2.13. The normalized spacial score (nSPS) is 11.2. The summed E-state index contributed by atoms with van der Waals surface area (Å²) in [6.07, 6.45) is 2.28. The number of aliphatic carboxylic acids is 1. The van der Waals surface area contributed by atoms with Crippen LogP contribution in [0.2, 0.25) is 0 Å². The predicted molar refractivity (Wildman–Crippen MR) is 118 cm³/mol. The van der Waals surface area contributed by atoms with E-state index in [1.165, 1.54) is 30.3 Å². The smallest absolute Gasteiger partial charge is 0.328 e. The maximum atomic E-state index is 12.4. The molecule has 0 aliphatic rings. The molecule has 0 bridgehead atoms. The summed E-state index contributed by atoms with van der Waals surface area (Å²) in [5, 5.41) is 8.62. The summed E-state index contributed by atoms with van der Waals surface area (Å²) < 4.78 is 30.4. The lowest BCUT2D eigenvalue weighted by atomic mass is 10.1. The molecule has 3 aromatic carbocycles. The van der Waals surface area contributed by atoms with E-state index in [1.807, 2.05) is 35.2 Å². The van der Waals surface area contributed by atoms with Crippen molar-refractivity contribution in [3.05, 3.63) is 102 Å². The number of ether oxygens (including phenoxy) is 1. The monoisotopic (exact) mass is 452 g/mol. The minimum Gasteiger partial charge on any atom is -0.489 e. The van der Waals surface area contributed by atoms with E-state index < -0.39 is 21.9 Å². The number of rotatable bonds is 9. The van der Waals surface area contributed by atoms with Crippen molar-refractivity contribution in [3.8, 4) is 5.75 Å². The van der Waals surface area contributed by atoms with E-state index in [0.29, 0.717) is 12.2 Å². The fraction of sp³-hybridized carbons (Fsp3) is 0.0435.